The Hall–Kier alpha value is -1.13. The highest BCUT2D eigenvalue weighted by molar-refractivity contribution is 5.85. The Bertz CT molecular complexity index is 472. The minimum atomic E-state index is 0. The van der Waals surface area contributed by atoms with Crippen LogP contribution in [-0.2, 0) is 11.3 Å². The Kier molecular flexibility index (Phi) is 8.00. The summed E-state index contributed by atoms with van der Waals surface area (Å²) in [5, 5.41) is 0. The molecule has 1 aliphatic carbocycles. The number of hydrogen-bond donors (Lipinski definition) is 1. The van der Waals surface area contributed by atoms with Gasteiger partial charge in [-0.1, -0.05) is 25.3 Å². The van der Waals surface area contributed by atoms with Crippen molar-refractivity contribution in [2.45, 2.75) is 65.0 Å². The van der Waals surface area contributed by atoms with Gasteiger partial charge in [0.2, 0.25) is 5.91 Å². The number of aromatic nitrogens is 1. The normalized spacial score (nSPS) is 16.7. The minimum absolute atomic E-state index is 0. The molecule has 2 rings (SSSR count). The zero-order chi connectivity index (χ0) is 16.0. The molecule has 2 N–H and O–H groups in total. The number of pyridine rings is 1. The van der Waals surface area contributed by atoms with Crippen LogP contribution >= 0.6 is 12.4 Å². The molecule has 0 aliphatic heterocycles. The van der Waals surface area contributed by atoms with Gasteiger partial charge in [0.05, 0.1) is 0 Å². The fourth-order valence-corrected chi connectivity index (χ4v) is 3.42. The van der Waals surface area contributed by atoms with E-state index < -0.39 is 0 Å². The molecule has 1 aliphatic rings. The van der Waals surface area contributed by atoms with E-state index in [0.29, 0.717) is 19.5 Å². The lowest BCUT2D eigenvalue weighted by Crippen LogP contribution is -2.42. The van der Waals surface area contributed by atoms with E-state index in [1.54, 1.807) is 6.20 Å². The molecule has 5 heteroatoms. The van der Waals surface area contributed by atoms with Crippen molar-refractivity contribution in [1.29, 1.82) is 0 Å². The Labute approximate surface area is 146 Å². The molecule has 1 fully saturated rings. The number of hydrogen-bond acceptors (Lipinski definition) is 3. The number of rotatable bonds is 6. The van der Waals surface area contributed by atoms with Crippen LogP contribution in [0, 0.1) is 5.41 Å². The van der Waals surface area contributed by atoms with Crippen LogP contribution in [0.2, 0.25) is 0 Å². The van der Waals surface area contributed by atoms with Gasteiger partial charge in [-0.2, -0.15) is 0 Å². The largest absolute Gasteiger partial charge is 0.336 e. The number of nitrogens with two attached hydrogens (primary N) is 1. The first-order chi connectivity index (χ1) is 10.6. The predicted molar refractivity (Wildman–Crippen MR) is 96.4 cm³/mol. The van der Waals surface area contributed by atoms with E-state index in [9.17, 15) is 4.79 Å². The summed E-state index contributed by atoms with van der Waals surface area (Å²) in [5.41, 5.74) is 7.14. The van der Waals surface area contributed by atoms with E-state index in [0.717, 1.165) is 18.4 Å². The Morgan fingerprint density at radius 3 is 2.57 bits per heavy atom. The van der Waals surface area contributed by atoms with Gasteiger partial charge in [0, 0.05) is 31.4 Å². The summed E-state index contributed by atoms with van der Waals surface area (Å²) in [5.74, 6) is 0.228. The topological polar surface area (TPSA) is 59.2 Å². The van der Waals surface area contributed by atoms with Crippen molar-refractivity contribution in [1.82, 2.24) is 9.88 Å². The molecule has 1 saturated carbocycles. The first-order valence-corrected chi connectivity index (χ1v) is 8.45. The molecule has 1 aromatic rings. The molecule has 130 valence electrons. The van der Waals surface area contributed by atoms with Crippen LogP contribution in [0.3, 0.4) is 0 Å². The average Bonchev–Trinajstić information content (AvgIpc) is 2.54. The Morgan fingerprint density at radius 2 is 2.04 bits per heavy atom. The third-order valence-corrected chi connectivity index (χ3v) is 4.89. The monoisotopic (exact) mass is 339 g/mol. The minimum Gasteiger partial charge on any atom is -0.336 e. The van der Waals surface area contributed by atoms with Crippen LogP contribution in [0.15, 0.2) is 24.5 Å². The van der Waals surface area contributed by atoms with Gasteiger partial charge in [0.1, 0.15) is 0 Å². The van der Waals surface area contributed by atoms with Crippen molar-refractivity contribution >= 4 is 18.3 Å². The maximum absolute atomic E-state index is 12.9. The maximum atomic E-state index is 12.9. The SMILES string of the molecule is CC(C)N(Cc1cccnc1)C(=O)CC1(CN)CCCCC1.Cl. The summed E-state index contributed by atoms with van der Waals surface area (Å²) in [6.07, 6.45) is 10.0. The second-order valence-corrected chi connectivity index (χ2v) is 6.92. The van der Waals surface area contributed by atoms with Crippen LogP contribution in [0.25, 0.3) is 0 Å². The molecular formula is C18H30ClN3O. The van der Waals surface area contributed by atoms with E-state index in [-0.39, 0.29) is 29.8 Å². The van der Waals surface area contributed by atoms with Gasteiger partial charge in [-0.05, 0) is 50.3 Å². The predicted octanol–water partition coefficient (Wildman–Crippen LogP) is 3.54. The van der Waals surface area contributed by atoms with Gasteiger partial charge in [-0.15, -0.1) is 12.4 Å². The summed E-state index contributed by atoms with van der Waals surface area (Å²) in [4.78, 5) is 19.0. The first-order valence-electron chi connectivity index (χ1n) is 8.45. The molecule has 1 aromatic heterocycles. The summed E-state index contributed by atoms with van der Waals surface area (Å²) >= 11 is 0. The molecule has 23 heavy (non-hydrogen) atoms. The zero-order valence-electron chi connectivity index (χ0n) is 14.3. The molecule has 0 unspecified atom stereocenters. The molecule has 0 aromatic carbocycles. The fraction of sp³-hybridized carbons (Fsp3) is 0.667. The lowest BCUT2D eigenvalue weighted by molar-refractivity contribution is -0.136. The van der Waals surface area contributed by atoms with Gasteiger partial charge < -0.3 is 10.6 Å². The van der Waals surface area contributed by atoms with E-state index in [1.165, 1.54) is 19.3 Å². The summed E-state index contributed by atoms with van der Waals surface area (Å²) < 4.78 is 0. The number of carbonyl (C=O) groups excluding carboxylic acids is 1. The smallest absolute Gasteiger partial charge is 0.223 e. The zero-order valence-corrected chi connectivity index (χ0v) is 15.1. The van der Waals surface area contributed by atoms with Crippen molar-refractivity contribution in [2.75, 3.05) is 6.54 Å². The lowest BCUT2D eigenvalue weighted by atomic mass is 9.71. The van der Waals surface area contributed by atoms with Crippen LogP contribution in [0.1, 0.15) is 57.9 Å². The van der Waals surface area contributed by atoms with Crippen LogP contribution < -0.4 is 5.73 Å². The van der Waals surface area contributed by atoms with Gasteiger partial charge in [0.25, 0.3) is 0 Å². The maximum Gasteiger partial charge on any atom is 0.223 e. The summed E-state index contributed by atoms with van der Waals surface area (Å²) in [7, 11) is 0. The molecule has 0 radical (unpaired) electrons. The highest BCUT2D eigenvalue weighted by Gasteiger charge is 2.34. The van der Waals surface area contributed by atoms with E-state index in [2.05, 4.69) is 18.8 Å². The van der Waals surface area contributed by atoms with Gasteiger partial charge in [-0.25, -0.2) is 0 Å². The first kappa shape index (κ1) is 19.9. The quantitative estimate of drug-likeness (QED) is 0.862. The molecule has 0 spiro atoms. The molecule has 1 heterocycles. The Balaban J connectivity index is 0.00000264. The second kappa shape index (κ2) is 9.24. The summed E-state index contributed by atoms with van der Waals surface area (Å²) in [6.45, 7) is 5.40. The summed E-state index contributed by atoms with van der Waals surface area (Å²) in [6, 6.07) is 4.13. The second-order valence-electron chi connectivity index (χ2n) is 6.92. The third-order valence-electron chi connectivity index (χ3n) is 4.89. The van der Waals surface area contributed by atoms with Gasteiger partial charge in [-0.3, -0.25) is 9.78 Å². The number of amides is 1. The van der Waals surface area contributed by atoms with Crippen LogP contribution in [-0.4, -0.2) is 28.4 Å². The standard InChI is InChI=1S/C18H29N3O.ClH/c1-15(2)21(13-16-7-6-10-20-12-16)17(22)11-18(14-19)8-4-3-5-9-18;/h6-7,10,12,15H,3-5,8-9,11,13-14,19H2,1-2H3;1H. The lowest BCUT2D eigenvalue weighted by Gasteiger charge is -2.38. The average molecular weight is 340 g/mol. The van der Waals surface area contributed by atoms with Gasteiger partial charge >= 0.3 is 0 Å². The molecule has 0 bridgehead atoms. The molecular weight excluding hydrogens is 310 g/mol. The van der Waals surface area contributed by atoms with Crippen molar-refractivity contribution in [3.8, 4) is 0 Å². The van der Waals surface area contributed by atoms with Crippen molar-refractivity contribution in [3.63, 3.8) is 0 Å². The highest BCUT2D eigenvalue weighted by atomic mass is 35.5. The number of nitrogens with zero attached hydrogens (tertiary/aromatic N) is 2. The number of halogens is 1. The van der Waals surface area contributed by atoms with Crippen molar-refractivity contribution in [3.05, 3.63) is 30.1 Å². The van der Waals surface area contributed by atoms with Crippen LogP contribution in [0.4, 0.5) is 0 Å². The van der Waals surface area contributed by atoms with Gasteiger partial charge in [0.15, 0.2) is 0 Å². The fourth-order valence-electron chi connectivity index (χ4n) is 3.42. The van der Waals surface area contributed by atoms with Crippen molar-refractivity contribution in [2.24, 2.45) is 11.1 Å². The molecule has 4 nitrogen and oxygen atoms in total. The Morgan fingerprint density at radius 1 is 1.35 bits per heavy atom. The van der Waals surface area contributed by atoms with Crippen molar-refractivity contribution < 1.29 is 4.79 Å². The highest BCUT2D eigenvalue weighted by Crippen LogP contribution is 2.39. The third kappa shape index (κ3) is 5.47. The van der Waals surface area contributed by atoms with Crippen LogP contribution in [0.5, 0.6) is 0 Å². The van der Waals surface area contributed by atoms with E-state index >= 15 is 0 Å². The van der Waals surface area contributed by atoms with E-state index in [4.69, 9.17) is 5.73 Å². The van der Waals surface area contributed by atoms with E-state index in [1.807, 2.05) is 23.2 Å². The molecule has 1 amide bonds. The molecule has 0 saturated heterocycles. The molecule has 0 atom stereocenters. The number of carbonyl (C=O) groups is 1.